The highest BCUT2D eigenvalue weighted by molar-refractivity contribution is 5.89. The molecular formula is C20H18F2N4O2. The Morgan fingerprint density at radius 3 is 2.46 bits per heavy atom. The molecule has 0 fully saturated rings. The number of benzene rings is 2. The summed E-state index contributed by atoms with van der Waals surface area (Å²) in [6.45, 7) is 3.82. The Morgan fingerprint density at radius 1 is 1.04 bits per heavy atom. The molecule has 2 N–H and O–H groups in total. The number of halogens is 2. The van der Waals surface area contributed by atoms with Gasteiger partial charge in [-0.1, -0.05) is 0 Å². The summed E-state index contributed by atoms with van der Waals surface area (Å²) in [5, 5.41) is 5.84. The van der Waals surface area contributed by atoms with Gasteiger partial charge in [-0.05, 0) is 50.2 Å². The summed E-state index contributed by atoms with van der Waals surface area (Å²) >= 11 is 0. The van der Waals surface area contributed by atoms with E-state index in [1.807, 2.05) is 0 Å². The fourth-order valence-corrected chi connectivity index (χ4v) is 2.45. The maximum Gasteiger partial charge on any atom is 0.338 e. The molecule has 0 radical (unpaired) electrons. The van der Waals surface area contributed by atoms with Crippen LogP contribution in [-0.2, 0) is 4.74 Å². The van der Waals surface area contributed by atoms with Crippen LogP contribution in [0.2, 0.25) is 0 Å². The number of ether oxygens (including phenoxy) is 1. The summed E-state index contributed by atoms with van der Waals surface area (Å²) in [5.41, 5.74) is 1.85. The van der Waals surface area contributed by atoms with E-state index in [0.717, 1.165) is 12.1 Å². The molecule has 0 aliphatic rings. The number of hydrogen-bond acceptors (Lipinski definition) is 6. The predicted octanol–water partition coefficient (Wildman–Crippen LogP) is 4.73. The molecule has 0 saturated heterocycles. The van der Waals surface area contributed by atoms with Crippen molar-refractivity contribution >= 4 is 29.1 Å². The fraction of sp³-hybridized carbons (Fsp3) is 0.150. The lowest BCUT2D eigenvalue weighted by atomic mass is 10.2. The SMILES string of the molecule is CCOC(=O)c1ccc(Nc2nc(C)cc(Nc3ccc(F)cc3F)n2)cc1. The van der Waals surface area contributed by atoms with Crippen LogP contribution < -0.4 is 10.6 Å². The van der Waals surface area contributed by atoms with Crippen molar-refractivity contribution in [2.45, 2.75) is 13.8 Å². The molecule has 2 aromatic carbocycles. The van der Waals surface area contributed by atoms with Gasteiger partial charge < -0.3 is 15.4 Å². The van der Waals surface area contributed by atoms with Gasteiger partial charge in [-0.2, -0.15) is 4.98 Å². The van der Waals surface area contributed by atoms with Crippen molar-refractivity contribution in [3.05, 3.63) is 71.4 Å². The fourth-order valence-electron chi connectivity index (χ4n) is 2.45. The summed E-state index contributed by atoms with van der Waals surface area (Å²) in [6.07, 6.45) is 0. The number of rotatable bonds is 6. The van der Waals surface area contributed by atoms with Gasteiger partial charge in [0.2, 0.25) is 5.95 Å². The van der Waals surface area contributed by atoms with Crippen molar-refractivity contribution in [3.8, 4) is 0 Å². The van der Waals surface area contributed by atoms with Gasteiger partial charge in [0.25, 0.3) is 0 Å². The normalized spacial score (nSPS) is 10.4. The molecule has 0 aliphatic heterocycles. The van der Waals surface area contributed by atoms with Crippen LogP contribution in [0.5, 0.6) is 0 Å². The molecule has 0 aliphatic carbocycles. The van der Waals surface area contributed by atoms with Crippen LogP contribution in [-0.4, -0.2) is 22.5 Å². The van der Waals surface area contributed by atoms with E-state index in [9.17, 15) is 13.6 Å². The van der Waals surface area contributed by atoms with Crippen LogP contribution in [0.25, 0.3) is 0 Å². The number of nitrogens with one attached hydrogen (secondary N) is 2. The minimum absolute atomic E-state index is 0.101. The Labute approximate surface area is 160 Å². The van der Waals surface area contributed by atoms with E-state index in [0.29, 0.717) is 29.4 Å². The number of aromatic nitrogens is 2. The highest BCUT2D eigenvalue weighted by Gasteiger charge is 2.09. The standard InChI is InChI=1S/C20H18F2N4O2/c1-3-28-19(27)13-4-7-15(8-5-13)24-20-23-12(2)10-18(26-20)25-17-9-6-14(21)11-16(17)22/h4-11H,3H2,1-2H3,(H2,23,24,25,26). The van der Waals surface area contributed by atoms with Crippen LogP contribution in [0, 0.1) is 18.6 Å². The van der Waals surface area contributed by atoms with Crippen LogP contribution in [0.15, 0.2) is 48.5 Å². The zero-order valence-corrected chi connectivity index (χ0v) is 15.3. The third kappa shape index (κ3) is 4.79. The molecule has 0 amide bonds. The monoisotopic (exact) mass is 384 g/mol. The largest absolute Gasteiger partial charge is 0.462 e. The molecule has 0 bridgehead atoms. The van der Waals surface area contributed by atoms with E-state index in [1.165, 1.54) is 6.07 Å². The highest BCUT2D eigenvalue weighted by Crippen LogP contribution is 2.22. The average molecular weight is 384 g/mol. The Hall–Kier alpha value is -3.55. The first-order chi connectivity index (χ1) is 13.4. The average Bonchev–Trinajstić information content (AvgIpc) is 2.64. The molecule has 3 aromatic rings. The third-order valence-corrected chi connectivity index (χ3v) is 3.70. The first-order valence-corrected chi connectivity index (χ1v) is 8.56. The third-order valence-electron chi connectivity index (χ3n) is 3.70. The first-order valence-electron chi connectivity index (χ1n) is 8.56. The Balaban J connectivity index is 1.77. The lowest BCUT2D eigenvalue weighted by molar-refractivity contribution is 0.0526. The number of nitrogens with zero attached hydrogens (tertiary/aromatic N) is 2. The minimum Gasteiger partial charge on any atom is -0.462 e. The molecule has 1 heterocycles. The summed E-state index contributed by atoms with van der Waals surface area (Å²) in [5.74, 6) is -1.14. The van der Waals surface area contributed by atoms with E-state index >= 15 is 0 Å². The van der Waals surface area contributed by atoms with Crippen molar-refractivity contribution in [1.29, 1.82) is 0 Å². The smallest absolute Gasteiger partial charge is 0.338 e. The molecule has 0 spiro atoms. The van der Waals surface area contributed by atoms with Gasteiger partial charge in [0.1, 0.15) is 17.5 Å². The number of hydrogen-bond donors (Lipinski definition) is 2. The van der Waals surface area contributed by atoms with Crippen molar-refractivity contribution in [2.24, 2.45) is 0 Å². The van der Waals surface area contributed by atoms with Crippen molar-refractivity contribution in [2.75, 3.05) is 17.2 Å². The molecule has 3 rings (SSSR count). The van der Waals surface area contributed by atoms with Crippen LogP contribution in [0.3, 0.4) is 0 Å². The molecule has 1 aromatic heterocycles. The second-order valence-electron chi connectivity index (χ2n) is 5.89. The molecule has 6 nitrogen and oxygen atoms in total. The quantitative estimate of drug-likeness (QED) is 0.599. The van der Waals surface area contributed by atoms with E-state index in [1.54, 1.807) is 44.2 Å². The minimum atomic E-state index is -0.722. The summed E-state index contributed by atoms with van der Waals surface area (Å²) < 4.78 is 31.8. The van der Waals surface area contributed by atoms with Gasteiger partial charge in [0.05, 0.1) is 17.9 Å². The second kappa shape index (κ2) is 8.43. The van der Waals surface area contributed by atoms with Crippen molar-refractivity contribution in [3.63, 3.8) is 0 Å². The molecular weight excluding hydrogens is 366 g/mol. The first kappa shape index (κ1) is 19.2. The van der Waals surface area contributed by atoms with E-state index in [2.05, 4.69) is 20.6 Å². The van der Waals surface area contributed by atoms with Crippen LogP contribution in [0.1, 0.15) is 23.0 Å². The lowest BCUT2D eigenvalue weighted by Crippen LogP contribution is -2.05. The highest BCUT2D eigenvalue weighted by atomic mass is 19.1. The van der Waals surface area contributed by atoms with Gasteiger partial charge in [0.15, 0.2) is 0 Å². The van der Waals surface area contributed by atoms with E-state index in [4.69, 9.17) is 4.74 Å². The number of anilines is 4. The van der Waals surface area contributed by atoms with Gasteiger partial charge in [-0.15, -0.1) is 0 Å². The summed E-state index contributed by atoms with van der Waals surface area (Å²) in [7, 11) is 0. The molecule has 0 atom stereocenters. The summed E-state index contributed by atoms with van der Waals surface area (Å²) in [4.78, 5) is 20.3. The molecule has 8 heteroatoms. The second-order valence-corrected chi connectivity index (χ2v) is 5.89. The van der Waals surface area contributed by atoms with Gasteiger partial charge >= 0.3 is 5.97 Å². The zero-order chi connectivity index (χ0) is 20.1. The van der Waals surface area contributed by atoms with Gasteiger partial charge in [-0.3, -0.25) is 0 Å². The lowest BCUT2D eigenvalue weighted by Gasteiger charge is -2.11. The van der Waals surface area contributed by atoms with E-state index in [-0.39, 0.29) is 11.6 Å². The Morgan fingerprint density at radius 2 is 1.79 bits per heavy atom. The Kier molecular flexibility index (Phi) is 5.78. The van der Waals surface area contributed by atoms with E-state index < -0.39 is 17.6 Å². The van der Waals surface area contributed by atoms with Crippen molar-refractivity contribution in [1.82, 2.24) is 9.97 Å². The van der Waals surface area contributed by atoms with Crippen LogP contribution >= 0.6 is 0 Å². The van der Waals surface area contributed by atoms with Crippen molar-refractivity contribution < 1.29 is 18.3 Å². The predicted molar refractivity (Wildman–Crippen MR) is 102 cm³/mol. The maximum atomic E-state index is 13.8. The molecule has 28 heavy (non-hydrogen) atoms. The molecule has 144 valence electrons. The van der Waals surface area contributed by atoms with Crippen LogP contribution in [0.4, 0.5) is 31.9 Å². The number of carbonyl (C=O) groups excluding carboxylic acids is 1. The molecule has 0 unspecified atom stereocenters. The summed E-state index contributed by atoms with van der Waals surface area (Å²) in [6, 6.07) is 11.5. The molecule has 0 saturated carbocycles. The number of aryl methyl sites for hydroxylation is 1. The maximum absolute atomic E-state index is 13.8. The number of carbonyl (C=O) groups is 1. The number of esters is 1. The topological polar surface area (TPSA) is 76.1 Å². The van der Waals surface area contributed by atoms with Gasteiger partial charge in [-0.25, -0.2) is 18.6 Å². The van der Waals surface area contributed by atoms with Gasteiger partial charge in [0, 0.05) is 23.5 Å². The zero-order valence-electron chi connectivity index (χ0n) is 15.3. The Bertz CT molecular complexity index is 994.